The van der Waals surface area contributed by atoms with Crippen LogP contribution < -0.4 is 10.2 Å². The van der Waals surface area contributed by atoms with E-state index in [4.69, 9.17) is 0 Å². The summed E-state index contributed by atoms with van der Waals surface area (Å²) in [6.45, 7) is 8.67. The second-order valence-electron chi connectivity index (χ2n) is 6.33. The molecule has 3 heterocycles. The Morgan fingerprint density at radius 1 is 1.33 bits per heavy atom. The molecule has 1 atom stereocenters. The van der Waals surface area contributed by atoms with Crippen LogP contribution in [0.25, 0.3) is 5.65 Å². The summed E-state index contributed by atoms with van der Waals surface area (Å²) in [5.74, 6) is 1.18. The van der Waals surface area contributed by atoms with E-state index in [1.165, 1.54) is 30.6 Å². The smallest absolute Gasteiger partial charge is 0.157 e. The standard InChI is InChI=1S/C16H25N5/c1-12(2)17-10-14-6-4-5-7-20(14)16-9-13(3)8-15-18-11-19-21(15)16/h8-9,11-12,14,17H,4-7,10H2,1-3H3. The van der Waals surface area contributed by atoms with Crippen LogP contribution in [0.5, 0.6) is 0 Å². The van der Waals surface area contributed by atoms with Gasteiger partial charge < -0.3 is 10.2 Å². The molecule has 114 valence electrons. The first kappa shape index (κ1) is 14.3. The van der Waals surface area contributed by atoms with Gasteiger partial charge in [-0.15, -0.1) is 0 Å². The van der Waals surface area contributed by atoms with Crippen LogP contribution in [-0.4, -0.2) is 39.8 Å². The Bertz CT molecular complexity index is 604. The molecule has 5 nitrogen and oxygen atoms in total. The van der Waals surface area contributed by atoms with Crippen molar-refractivity contribution >= 4 is 11.5 Å². The summed E-state index contributed by atoms with van der Waals surface area (Å²) in [4.78, 5) is 6.85. The van der Waals surface area contributed by atoms with Crippen molar-refractivity contribution in [1.82, 2.24) is 19.9 Å². The third kappa shape index (κ3) is 3.02. The van der Waals surface area contributed by atoms with Crippen LogP contribution in [0.4, 0.5) is 5.82 Å². The monoisotopic (exact) mass is 287 g/mol. The summed E-state index contributed by atoms with van der Waals surface area (Å²) < 4.78 is 1.97. The molecular weight excluding hydrogens is 262 g/mol. The average molecular weight is 287 g/mol. The molecule has 0 bridgehead atoms. The molecule has 0 radical (unpaired) electrons. The number of pyridine rings is 1. The fourth-order valence-corrected chi connectivity index (χ4v) is 3.13. The van der Waals surface area contributed by atoms with Gasteiger partial charge in [-0.3, -0.25) is 0 Å². The summed E-state index contributed by atoms with van der Waals surface area (Å²) in [5.41, 5.74) is 2.18. The molecule has 2 aromatic rings. The first-order valence-electron chi connectivity index (χ1n) is 7.95. The number of fused-ring (bicyclic) bond motifs is 1. The van der Waals surface area contributed by atoms with Gasteiger partial charge in [-0.25, -0.2) is 4.98 Å². The maximum Gasteiger partial charge on any atom is 0.157 e. The van der Waals surface area contributed by atoms with E-state index < -0.39 is 0 Å². The van der Waals surface area contributed by atoms with Crippen LogP contribution in [0.2, 0.25) is 0 Å². The van der Waals surface area contributed by atoms with E-state index in [-0.39, 0.29) is 0 Å². The van der Waals surface area contributed by atoms with Crippen molar-refractivity contribution in [3.05, 3.63) is 24.0 Å². The Balaban J connectivity index is 1.92. The summed E-state index contributed by atoms with van der Waals surface area (Å²) in [6, 6.07) is 5.38. The summed E-state index contributed by atoms with van der Waals surface area (Å²) in [7, 11) is 0. The minimum atomic E-state index is 0.526. The molecule has 1 saturated heterocycles. The highest BCUT2D eigenvalue weighted by Crippen LogP contribution is 2.26. The number of hydrogen-bond donors (Lipinski definition) is 1. The molecule has 2 aromatic heterocycles. The SMILES string of the molecule is Cc1cc(N2CCCCC2CNC(C)C)n2ncnc2c1. The van der Waals surface area contributed by atoms with Gasteiger partial charge in [0, 0.05) is 25.2 Å². The summed E-state index contributed by atoms with van der Waals surface area (Å²) in [6.07, 6.45) is 5.45. The topological polar surface area (TPSA) is 45.5 Å². The van der Waals surface area contributed by atoms with E-state index >= 15 is 0 Å². The number of nitrogens with one attached hydrogen (secondary N) is 1. The van der Waals surface area contributed by atoms with Gasteiger partial charge in [0.15, 0.2) is 5.65 Å². The fraction of sp³-hybridized carbons (Fsp3) is 0.625. The molecule has 21 heavy (non-hydrogen) atoms. The van der Waals surface area contributed by atoms with Crippen LogP contribution in [0, 0.1) is 6.92 Å². The lowest BCUT2D eigenvalue weighted by molar-refractivity contribution is 0.417. The van der Waals surface area contributed by atoms with Gasteiger partial charge in [-0.2, -0.15) is 9.61 Å². The van der Waals surface area contributed by atoms with Crippen molar-refractivity contribution in [3.63, 3.8) is 0 Å². The van der Waals surface area contributed by atoms with E-state index in [1.807, 2.05) is 4.52 Å². The van der Waals surface area contributed by atoms with E-state index in [9.17, 15) is 0 Å². The van der Waals surface area contributed by atoms with E-state index in [1.54, 1.807) is 6.33 Å². The molecule has 1 fully saturated rings. The van der Waals surface area contributed by atoms with Gasteiger partial charge in [0.2, 0.25) is 0 Å². The largest absolute Gasteiger partial charge is 0.352 e. The van der Waals surface area contributed by atoms with Crippen molar-refractivity contribution in [2.24, 2.45) is 0 Å². The lowest BCUT2D eigenvalue weighted by Crippen LogP contribution is -2.47. The summed E-state index contributed by atoms with van der Waals surface area (Å²) >= 11 is 0. The lowest BCUT2D eigenvalue weighted by Gasteiger charge is -2.38. The van der Waals surface area contributed by atoms with E-state index in [0.717, 1.165) is 18.7 Å². The molecule has 1 aliphatic heterocycles. The van der Waals surface area contributed by atoms with Crippen LogP contribution >= 0.6 is 0 Å². The third-order valence-corrected chi connectivity index (χ3v) is 4.19. The van der Waals surface area contributed by atoms with Gasteiger partial charge in [0.1, 0.15) is 12.1 Å². The number of nitrogens with zero attached hydrogens (tertiary/aromatic N) is 4. The normalized spacial score (nSPS) is 19.6. The van der Waals surface area contributed by atoms with Gasteiger partial charge in [-0.1, -0.05) is 13.8 Å². The lowest BCUT2D eigenvalue weighted by atomic mass is 10.0. The minimum Gasteiger partial charge on any atom is -0.352 e. The van der Waals surface area contributed by atoms with Crippen molar-refractivity contribution < 1.29 is 0 Å². The van der Waals surface area contributed by atoms with Crippen molar-refractivity contribution in [2.75, 3.05) is 18.0 Å². The molecule has 0 saturated carbocycles. The maximum atomic E-state index is 4.41. The highest BCUT2D eigenvalue weighted by Gasteiger charge is 2.25. The molecule has 0 aromatic carbocycles. The first-order chi connectivity index (χ1) is 10.1. The zero-order valence-electron chi connectivity index (χ0n) is 13.2. The number of anilines is 1. The zero-order chi connectivity index (χ0) is 14.8. The quantitative estimate of drug-likeness (QED) is 0.938. The molecule has 1 unspecified atom stereocenters. The van der Waals surface area contributed by atoms with Crippen molar-refractivity contribution in [1.29, 1.82) is 0 Å². The van der Waals surface area contributed by atoms with Crippen LogP contribution in [0.15, 0.2) is 18.5 Å². The van der Waals surface area contributed by atoms with Crippen LogP contribution in [0.3, 0.4) is 0 Å². The Morgan fingerprint density at radius 2 is 2.19 bits per heavy atom. The predicted octanol–water partition coefficient (Wildman–Crippen LogP) is 2.39. The molecule has 1 N–H and O–H groups in total. The Labute approximate surface area is 126 Å². The second-order valence-corrected chi connectivity index (χ2v) is 6.33. The molecule has 1 aliphatic rings. The van der Waals surface area contributed by atoms with Gasteiger partial charge >= 0.3 is 0 Å². The Hall–Kier alpha value is -1.62. The summed E-state index contributed by atoms with van der Waals surface area (Å²) in [5, 5.41) is 7.99. The van der Waals surface area contributed by atoms with Gasteiger partial charge in [0.05, 0.1) is 0 Å². The second kappa shape index (κ2) is 6.02. The average Bonchev–Trinajstić information content (AvgIpc) is 2.92. The highest BCUT2D eigenvalue weighted by atomic mass is 15.4. The number of aryl methyl sites for hydroxylation is 1. The first-order valence-corrected chi connectivity index (χ1v) is 7.95. The molecule has 5 heteroatoms. The number of rotatable bonds is 4. The van der Waals surface area contributed by atoms with E-state index in [2.05, 4.69) is 53.2 Å². The van der Waals surface area contributed by atoms with Gasteiger partial charge in [0.25, 0.3) is 0 Å². The fourth-order valence-electron chi connectivity index (χ4n) is 3.13. The zero-order valence-corrected chi connectivity index (χ0v) is 13.2. The highest BCUT2D eigenvalue weighted by molar-refractivity contribution is 5.53. The third-order valence-electron chi connectivity index (χ3n) is 4.19. The number of piperidine rings is 1. The predicted molar refractivity (Wildman–Crippen MR) is 85.8 cm³/mol. The molecule has 3 rings (SSSR count). The minimum absolute atomic E-state index is 0.526. The molecule has 0 spiro atoms. The Kier molecular flexibility index (Phi) is 4.10. The number of hydrogen-bond acceptors (Lipinski definition) is 4. The maximum absolute atomic E-state index is 4.41. The molecular formula is C16H25N5. The molecule has 0 aliphatic carbocycles. The van der Waals surface area contributed by atoms with E-state index in [0.29, 0.717) is 12.1 Å². The van der Waals surface area contributed by atoms with Gasteiger partial charge in [-0.05, 0) is 43.9 Å². The van der Waals surface area contributed by atoms with Crippen molar-refractivity contribution in [3.8, 4) is 0 Å². The van der Waals surface area contributed by atoms with Crippen LogP contribution in [0.1, 0.15) is 38.7 Å². The number of aromatic nitrogens is 3. The Morgan fingerprint density at radius 3 is 3.00 bits per heavy atom. The molecule has 0 amide bonds. The van der Waals surface area contributed by atoms with Crippen LogP contribution in [-0.2, 0) is 0 Å². The van der Waals surface area contributed by atoms with Crippen molar-refractivity contribution in [2.45, 2.75) is 52.1 Å².